The molecule has 0 aliphatic carbocycles. The first kappa shape index (κ1) is 13.6. The number of sulfonamides is 1. The van der Waals surface area contributed by atoms with Gasteiger partial charge in [-0.3, -0.25) is 10.4 Å². The first-order valence-corrected chi connectivity index (χ1v) is 6.65. The fraction of sp³-hybridized carbons (Fsp3) is 0.400. The van der Waals surface area contributed by atoms with Crippen molar-refractivity contribution >= 4 is 15.9 Å². The normalized spacial score (nSPS) is 11.6. The zero-order valence-electron chi connectivity index (χ0n) is 9.63. The van der Waals surface area contributed by atoms with E-state index in [2.05, 4.69) is 4.98 Å². The second-order valence-electron chi connectivity index (χ2n) is 3.46. The first-order chi connectivity index (χ1) is 7.98. The smallest absolute Gasteiger partial charge is 0.244 e. The Kier molecular flexibility index (Phi) is 4.59. The van der Waals surface area contributed by atoms with Crippen LogP contribution in [-0.2, 0) is 10.0 Å². The van der Waals surface area contributed by atoms with Crippen molar-refractivity contribution < 1.29 is 8.42 Å². The van der Waals surface area contributed by atoms with Gasteiger partial charge in [0.25, 0.3) is 0 Å². The van der Waals surface area contributed by atoms with E-state index in [1.165, 1.54) is 22.8 Å². The van der Waals surface area contributed by atoms with Gasteiger partial charge in [0, 0.05) is 31.9 Å². The molecule has 0 spiro atoms. The monoisotopic (exact) mass is 256 g/mol. The molecule has 1 aromatic rings. The predicted molar refractivity (Wildman–Crippen MR) is 65.2 cm³/mol. The summed E-state index contributed by atoms with van der Waals surface area (Å²) in [4.78, 5) is 3.95. The lowest BCUT2D eigenvalue weighted by atomic mass is 10.4. The highest BCUT2D eigenvalue weighted by molar-refractivity contribution is 7.89. The molecule has 3 N–H and O–H groups in total. The third-order valence-electron chi connectivity index (χ3n) is 2.26. The third kappa shape index (κ3) is 3.50. The summed E-state index contributed by atoms with van der Waals surface area (Å²) in [7, 11) is -3.53. The van der Waals surface area contributed by atoms with E-state index in [0.717, 1.165) is 0 Å². The van der Waals surface area contributed by atoms with Gasteiger partial charge in [0.2, 0.25) is 10.0 Å². The lowest BCUT2D eigenvalue weighted by Gasteiger charge is -2.19. The molecule has 1 aromatic heterocycles. The molecule has 94 valence electrons. The van der Waals surface area contributed by atoms with Crippen molar-refractivity contribution in [3.8, 4) is 0 Å². The van der Waals surface area contributed by atoms with Crippen LogP contribution in [0.5, 0.6) is 0 Å². The Balaban J connectivity index is 2.91. The highest BCUT2D eigenvalue weighted by Crippen LogP contribution is 2.13. The molecule has 1 heterocycles. The van der Waals surface area contributed by atoms with E-state index >= 15 is 0 Å². The maximum atomic E-state index is 12.2. The summed E-state index contributed by atoms with van der Waals surface area (Å²) in [6.45, 7) is 2.29. The van der Waals surface area contributed by atoms with Crippen LogP contribution in [0, 0.1) is 5.41 Å². The van der Waals surface area contributed by atoms with E-state index in [-0.39, 0.29) is 23.7 Å². The minimum Gasteiger partial charge on any atom is -0.388 e. The quantitative estimate of drug-likeness (QED) is 0.569. The van der Waals surface area contributed by atoms with Crippen LogP contribution in [0.4, 0.5) is 0 Å². The molecule has 0 atom stereocenters. The molecule has 1 rings (SSSR count). The summed E-state index contributed by atoms with van der Waals surface area (Å²) in [5.74, 6) is -0.0233. The molecule has 0 saturated heterocycles. The molecular formula is C10H16N4O2S. The van der Waals surface area contributed by atoms with Crippen LogP contribution >= 0.6 is 0 Å². The number of amidine groups is 1. The SMILES string of the molecule is CCN(CCC(=N)N)S(=O)(=O)c1cccnc1. The maximum absolute atomic E-state index is 12.2. The van der Waals surface area contributed by atoms with Crippen LogP contribution in [-0.4, -0.2) is 36.6 Å². The van der Waals surface area contributed by atoms with E-state index in [4.69, 9.17) is 11.1 Å². The Morgan fingerprint density at radius 1 is 1.59 bits per heavy atom. The zero-order chi connectivity index (χ0) is 12.9. The Morgan fingerprint density at radius 2 is 2.29 bits per heavy atom. The minimum atomic E-state index is -3.53. The molecule has 0 aliphatic rings. The average molecular weight is 256 g/mol. The number of nitrogens with two attached hydrogens (primary N) is 1. The van der Waals surface area contributed by atoms with Gasteiger partial charge in [0.15, 0.2) is 0 Å². The summed E-state index contributed by atoms with van der Waals surface area (Å²) in [6, 6.07) is 3.07. The van der Waals surface area contributed by atoms with Crippen LogP contribution in [0.3, 0.4) is 0 Å². The molecule has 0 amide bonds. The van der Waals surface area contributed by atoms with Crippen LogP contribution in [0.1, 0.15) is 13.3 Å². The fourth-order valence-corrected chi connectivity index (χ4v) is 2.76. The maximum Gasteiger partial charge on any atom is 0.244 e. The van der Waals surface area contributed by atoms with Crippen molar-refractivity contribution in [1.82, 2.24) is 9.29 Å². The standard InChI is InChI=1S/C10H16N4O2S/c1-2-14(7-5-10(11)12)17(15,16)9-4-3-6-13-8-9/h3-4,6,8H,2,5,7H2,1H3,(H3,11,12). The van der Waals surface area contributed by atoms with Gasteiger partial charge in [-0.25, -0.2) is 8.42 Å². The van der Waals surface area contributed by atoms with E-state index in [1.807, 2.05) is 0 Å². The minimum absolute atomic E-state index is 0.0233. The van der Waals surface area contributed by atoms with Crippen LogP contribution in [0.25, 0.3) is 0 Å². The predicted octanol–water partition coefficient (Wildman–Crippen LogP) is 0.418. The molecule has 0 aliphatic heterocycles. The van der Waals surface area contributed by atoms with Crippen LogP contribution in [0.15, 0.2) is 29.4 Å². The number of pyridine rings is 1. The van der Waals surface area contributed by atoms with Crippen molar-refractivity contribution in [2.45, 2.75) is 18.2 Å². The Morgan fingerprint density at radius 3 is 2.76 bits per heavy atom. The van der Waals surface area contributed by atoms with Gasteiger partial charge < -0.3 is 5.73 Å². The van der Waals surface area contributed by atoms with Gasteiger partial charge in [-0.05, 0) is 12.1 Å². The summed E-state index contributed by atoms with van der Waals surface area (Å²) in [5, 5.41) is 7.12. The average Bonchev–Trinajstić information content (AvgIpc) is 2.30. The molecule has 17 heavy (non-hydrogen) atoms. The molecule has 0 radical (unpaired) electrons. The Hall–Kier alpha value is -1.47. The first-order valence-electron chi connectivity index (χ1n) is 5.21. The second-order valence-corrected chi connectivity index (χ2v) is 5.40. The molecular weight excluding hydrogens is 240 g/mol. The highest BCUT2D eigenvalue weighted by atomic mass is 32.2. The zero-order valence-corrected chi connectivity index (χ0v) is 10.4. The molecule has 0 saturated carbocycles. The lowest BCUT2D eigenvalue weighted by molar-refractivity contribution is 0.436. The van der Waals surface area contributed by atoms with Gasteiger partial charge in [0.05, 0.1) is 5.84 Å². The van der Waals surface area contributed by atoms with E-state index in [9.17, 15) is 8.42 Å². The third-order valence-corrected chi connectivity index (χ3v) is 4.21. The van der Waals surface area contributed by atoms with Gasteiger partial charge in [-0.1, -0.05) is 6.92 Å². The molecule has 7 heteroatoms. The number of hydrogen-bond acceptors (Lipinski definition) is 4. The summed E-state index contributed by atoms with van der Waals surface area (Å²) in [5.41, 5.74) is 5.23. The van der Waals surface area contributed by atoms with Gasteiger partial charge >= 0.3 is 0 Å². The second kappa shape index (κ2) is 5.74. The van der Waals surface area contributed by atoms with Gasteiger partial charge in [-0.15, -0.1) is 0 Å². The molecule has 0 bridgehead atoms. The van der Waals surface area contributed by atoms with Crippen molar-refractivity contribution in [3.05, 3.63) is 24.5 Å². The lowest BCUT2D eigenvalue weighted by Crippen LogP contribution is -2.33. The van der Waals surface area contributed by atoms with Crippen molar-refractivity contribution in [1.29, 1.82) is 5.41 Å². The fourth-order valence-electron chi connectivity index (χ4n) is 1.34. The van der Waals surface area contributed by atoms with E-state index < -0.39 is 10.0 Å². The topological polar surface area (TPSA) is 100 Å². The number of hydrogen-bond donors (Lipinski definition) is 2. The Bertz CT molecular complexity index is 472. The van der Waals surface area contributed by atoms with Crippen LogP contribution < -0.4 is 5.73 Å². The van der Waals surface area contributed by atoms with Crippen molar-refractivity contribution in [3.63, 3.8) is 0 Å². The van der Waals surface area contributed by atoms with Crippen molar-refractivity contribution in [2.24, 2.45) is 5.73 Å². The number of rotatable bonds is 6. The summed E-state index contributed by atoms with van der Waals surface area (Å²) < 4.78 is 25.6. The van der Waals surface area contributed by atoms with E-state index in [1.54, 1.807) is 13.0 Å². The number of aromatic nitrogens is 1. The molecule has 0 aromatic carbocycles. The molecule has 6 nitrogen and oxygen atoms in total. The number of nitrogens with zero attached hydrogens (tertiary/aromatic N) is 2. The Labute approximate surface area is 101 Å². The van der Waals surface area contributed by atoms with Gasteiger partial charge in [0.1, 0.15) is 4.90 Å². The van der Waals surface area contributed by atoms with Crippen molar-refractivity contribution in [2.75, 3.05) is 13.1 Å². The van der Waals surface area contributed by atoms with Crippen LogP contribution in [0.2, 0.25) is 0 Å². The molecule has 0 unspecified atom stereocenters. The number of nitrogens with one attached hydrogen (secondary N) is 1. The summed E-state index contributed by atoms with van der Waals surface area (Å²) >= 11 is 0. The van der Waals surface area contributed by atoms with E-state index in [0.29, 0.717) is 6.54 Å². The summed E-state index contributed by atoms with van der Waals surface area (Å²) in [6.07, 6.45) is 3.06. The van der Waals surface area contributed by atoms with Gasteiger partial charge in [-0.2, -0.15) is 4.31 Å². The highest BCUT2D eigenvalue weighted by Gasteiger charge is 2.22. The molecule has 0 fully saturated rings. The largest absolute Gasteiger partial charge is 0.388 e.